The number of ether oxygens (including phenoxy) is 2. The Morgan fingerprint density at radius 2 is 1.74 bits per heavy atom. The summed E-state index contributed by atoms with van der Waals surface area (Å²) in [5.74, 6) is 0.254. The number of fused-ring (bicyclic) bond motifs is 3. The highest BCUT2D eigenvalue weighted by Crippen LogP contribution is 2.35. The lowest BCUT2D eigenvalue weighted by Gasteiger charge is -2.23. The molecule has 3 amide bonds. The second kappa shape index (κ2) is 19.7. The molecule has 9 rings (SSSR count). The number of oxazole rings is 1. The maximum atomic E-state index is 14.0. The van der Waals surface area contributed by atoms with E-state index < -0.39 is 24.1 Å². The van der Waals surface area contributed by atoms with E-state index in [-0.39, 0.29) is 35.5 Å². The number of hydrogen-bond donors (Lipinski definition) is 5. The van der Waals surface area contributed by atoms with Gasteiger partial charge in [-0.15, -0.1) is 0 Å². The first-order valence-corrected chi connectivity index (χ1v) is 21.5. The Kier molecular flexibility index (Phi) is 13.1. The molecule has 65 heavy (non-hydrogen) atoms. The standard InChI is InChI=1S/C46H47F2N11O6/c47-42(48)41-35(54-44(61)36-27-65-46(55-36)30-13-15-51-39(22-30)53-25-29-3-4-29)26-58(57-41)32-8-5-28(6-9-32)24-49-16-18-63-20-21-64-19-17-50-31-7-10-37-34(23-31)33-2-1-14-52-43(33)59(37)38-11-12-40(60)56-45(38)62/h1-2,5-10,13-15,22-23,26-27,29,38,42,49-50H,3-4,11-12,16-21,24-25H2,(H,51,53)(H,54,61)(H,56,60,62). The summed E-state index contributed by atoms with van der Waals surface area (Å²) in [7, 11) is 0. The third kappa shape index (κ3) is 10.3. The second-order valence-electron chi connectivity index (χ2n) is 15.9. The zero-order valence-electron chi connectivity index (χ0n) is 35.3. The van der Waals surface area contributed by atoms with Gasteiger partial charge in [0.1, 0.15) is 23.8 Å². The van der Waals surface area contributed by atoms with E-state index >= 15 is 0 Å². The topological polar surface area (TPSA) is 204 Å². The molecule has 1 unspecified atom stereocenters. The lowest BCUT2D eigenvalue weighted by molar-refractivity contribution is -0.135. The molecule has 1 saturated carbocycles. The van der Waals surface area contributed by atoms with E-state index in [4.69, 9.17) is 13.9 Å². The highest BCUT2D eigenvalue weighted by Gasteiger charge is 2.31. The number of amides is 3. The van der Waals surface area contributed by atoms with Crippen LogP contribution >= 0.6 is 0 Å². The molecule has 2 aromatic carbocycles. The van der Waals surface area contributed by atoms with Crippen molar-refractivity contribution in [3.05, 3.63) is 109 Å². The summed E-state index contributed by atoms with van der Waals surface area (Å²) in [5, 5.41) is 20.9. The van der Waals surface area contributed by atoms with Crippen molar-refractivity contribution in [2.24, 2.45) is 5.92 Å². The fourth-order valence-corrected chi connectivity index (χ4v) is 7.67. The molecule has 0 bridgehead atoms. The Labute approximate surface area is 371 Å². The Bertz CT molecular complexity index is 2800. The Morgan fingerprint density at radius 1 is 0.908 bits per heavy atom. The number of alkyl halides is 2. The molecule has 17 nitrogen and oxygen atoms in total. The van der Waals surface area contributed by atoms with Crippen molar-refractivity contribution in [2.45, 2.75) is 44.7 Å². The molecule has 2 aliphatic rings. The molecule has 336 valence electrons. The van der Waals surface area contributed by atoms with Crippen LogP contribution in [0.3, 0.4) is 0 Å². The summed E-state index contributed by atoms with van der Waals surface area (Å²) in [6.45, 7) is 4.42. The van der Waals surface area contributed by atoms with Crippen LogP contribution in [0.2, 0.25) is 0 Å². The number of carbonyl (C=O) groups is 3. The summed E-state index contributed by atoms with van der Waals surface area (Å²) >= 11 is 0. The summed E-state index contributed by atoms with van der Waals surface area (Å²) < 4.78 is 48.4. The molecule has 0 radical (unpaired) electrons. The van der Waals surface area contributed by atoms with Crippen LogP contribution in [0.5, 0.6) is 0 Å². The molecule has 1 saturated heterocycles. The van der Waals surface area contributed by atoms with Gasteiger partial charge in [-0.2, -0.15) is 5.10 Å². The van der Waals surface area contributed by atoms with E-state index in [9.17, 15) is 23.2 Å². The van der Waals surface area contributed by atoms with Gasteiger partial charge < -0.3 is 39.7 Å². The number of halogens is 2. The minimum Gasteiger partial charge on any atom is -0.444 e. The number of carbonyl (C=O) groups excluding carboxylic acids is 3. The summed E-state index contributed by atoms with van der Waals surface area (Å²) in [4.78, 5) is 50.8. The summed E-state index contributed by atoms with van der Waals surface area (Å²) in [6, 6.07) is 20.1. The lowest BCUT2D eigenvalue weighted by Crippen LogP contribution is -2.41. The van der Waals surface area contributed by atoms with Crippen molar-refractivity contribution < 1.29 is 37.1 Å². The molecule has 7 aromatic rings. The predicted molar refractivity (Wildman–Crippen MR) is 238 cm³/mol. The maximum absolute atomic E-state index is 14.0. The van der Waals surface area contributed by atoms with Gasteiger partial charge in [-0.1, -0.05) is 12.1 Å². The van der Waals surface area contributed by atoms with Gasteiger partial charge in [0.15, 0.2) is 11.4 Å². The summed E-state index contributed by atoms with van der Waals surface area (Å²) in [6.07, 6.45) is 6.03. The molecule has 1 aliphatic carbocycles. The third-order valence-corrected chi connectivity index (χ3v) is 11.2. The van der Waals surface area contributed by atoms with E-state index in [2.05, 4.69) is 46.6 Å². The van der Waals surface area contributed by atoms with Crippen molar-refractivity contribution in [2.75, 3.05) is 62.0 Å². The molecule has 19 heteroatoms. The largest absolute Gasteiger partial charge is 0.444 e. The van der Waals surface area contributed by atoms with E-state index in [0.717, 1.165) is 34.1 Å². The van der Waals surface area contributed by atoms with Crippen LogP contribution in [-0.2, 0) is 25.6 Å². The maximum Gasteiger partial charge on any atom is 0.284 e. The van der Waals surface area contributed by atoms with Gasteiger partial charge in [0.25, 0.3) is 12.3 Å². The van der Waals surface area contributed by atoms with Crippen molar-refractivity contribution in [1.29, 1.82) is 0 Å². The SMILES string of the molecule is O=C1CCC(n2c3ccc(NCCOCCOCCNCc4ccc(-n5cc(NC(=O)c6coc(-c7ccnc(NCC8CC8)c7)n6)c(C(F)F)n5)cc4)cc3c3cccnc32)C(=O)N1. The number of nitrogens with one attached hydrogen (secondary N) is 5. The monoisotopic (exact) mass is 887 g/mol. The number of pyridine rings is 2. The average molecular weight is 888 g/mol. The van der Waals surface area contributed by atoms with Crippen LogP contribution < -0.4 is 26.6 Å². The van der Waals surface area contributed by atoms with Gasteiger partial charge >= 0.3 is 0 Å². The normalized spacial score (nSPS) is 15.2. The van der Waals surface area contributed by atoms with Crippen LogP contribution in [0.25, 0.3) is 39.1 Å². The van der Waals surface area contributed by atoms with Gasteiger partial charge in [-0.05, 0) is 85.3 Å². The third-order valence-electron chi connectivity index (χ3n) is 11.2. The molecule has 6 heterocycles. The van der Waals surface area contributed by atoms with Gasteiger partial charge in [0.05, 0.1) is 49.5 Å². The fraction of sp³-hybridized carbons (Fsp3) is 0.326. The number of piperidine rings is 1. The minimum atomic E-state index is -2.93. The van der Waals surface area contributed by atoms with Crippen molar-refractivity contribution in [3.8, 4) is 17.1 Å². The van der Waals surface area contributed by atoms with E-state index in [1.54, 1.807) is 36.7 Å². The van der Waals surface area contributed by atoms with E-state index in [1.807, 2.05) is 47.0 Å². The molecule has 1 atom stereocenters. The Hall–Kier alpha value is -7.09. The van der Waals surface area contributed by atoms with E-state index in [0.29, 0.717) is 81.1 Å². The van der Waals surface area contributed by atoms with Crippen LogP contribution in [0.4, 0.5) is 26.0 Å². The van der Waals surface area contributed by atoms with Crippen molar-refractivity contribution >= 4 is 56.9 Å². The van der Waals surface area contributed by atoms with Crippen LogP contribution in [0, 0.1) is 5.92 Å². The zero-order valence-corrected chi connectivity index (χ0v) is 35.3. The smallest absolute Gasteiger partial charge is 0.284 e. The Morgan fingerprint density at radius 3 is 2.54 bits per heavy atom. The van der Waals surface area contributed by atoms with E-state index in [1.165, 1.54) is 30.0 Å². The lowest BCUT2D eigenvalue weighted by atomic mass is 10.1. The van der Waals surface area contributed by atoms with Crippen LogP contribution in [0.15, 0.2) is 96.0 Å². The zero-order chi connectivity index (χ0) is 44.7. The molecule has 5 N–H and O–H groups in total. The van der Waals surface area contributed by atoms with Gasteiger partial charge in [-0.25, -0.2) is 28.4 Å². The molecule has 1 aliphatic heterocycles. The quantitative estimate of drug-likeness (QED) is 0.0379. The fourth-order valence-electron chi connectivity index (χ4n) is 7.67. The number of benzene rings is 2. The molecular formula is C46H47F2N11O6. The van der Waals surface area contributed by atoms with Crippen LogP contribution in [-0.4, -0.2) is 93.1 Å². The number of aromatic nitrogens is 6. The number of anilines is 3. The average Bonchev–Trinajstić information content (AvgIpc) is 3.68. The molecule has 2 fully saturated rings. The predicted octanol–water partition coefficient (Wildman–Crippen LogP) is 6.65. The first-order chi connectivity index (χ1) is 31.8. The van der Waals surface area contributed by atoms with Crippen molar-refractivity contribution in [3.63, 3.8) is 0 Å². The first kappa shape index (κ1) is 43.2. The summed E-state index contributed by atoms with van der Waals surface area (Å²) in [5.41, 5.74) is 3.84. The first-order valence-electron chi connectivity index (χ1n) is 21.5. The van der Waals surface area contributed by atoms with Gasteiger partial charge in [-0.3, -0.25) is 19.7 Å². The number of rotatable bonds is 21. The molecular weight excluding hydrogens is 841 g/mol. The number of hydrogen-bond acceptors (Lipinski definition) is 13. The second-order valence-corrected chi connectivity index (χ2v) is 15.9. The van der Waals surface area contributed by atoms with Crippen LogP contribution in [0.1, 0.15) is 59.9 Å². The molecule has 0 spiro atoms. The Balaban J connectivity index is 0.680. The number of imide groups is 1. The number of nitrogens with zero attached hydrogens (tertiary/aromatic N) is 6. The van der Waals surface area contributed by atoms with Gasteiger partial charge in [0.2, 0.25) is 17.7 Å². The highest BCUT2D eigenvalue weighted by atomic mass is 19.3. The molecule has 5 aromatic heterocycles. The highest BCUT2D eigenvalue weighted by molar-refractivity contribution is 6.10. The van der Waals surface area contributed by atoms with Gasteiger partial charge in [0, 0.05) is 67.0 Å². The van der Waals surface area contributed by atoms with Crippen molar-refractivity contribution in [1.82, 2.24) is 39.9 Å². The minimum absolute atomic E-state index is 0.0702.